The molecule has 0 spiro atoms. The SMILES string of the molecule is Cc1cc2c(NCCCOc3ccc(Cl)cc3)nc(C(F)(F)F)nc2s1. The van der Waals surface area contributed by atoms with Gasteiger partial charge in [0, 0.05) is 16.4 Å². The molecule has 3 rings (SSSR count). The van der Waals surface area contributed by atoms with Crippen LogP contribution in [0.5, 0.6) is 5.75 Å². The van der Waals surface area contributed by atoms with E-state index in [0.29, 0.717) is 40.6 Å². The van der Waals surface area contributed by atoms with Crippen molar-refractivity contribution in [2.24, 2.45) is 0 Å². The normalized spacial score (nSPS) is 11.7. The van der Waals surface area contributed by atoms with E-state index in [1.165, 1.54) is 11.3 Å². The van der Waals surface area contributed by atoms with E-state index < -0.39 is 12.0 Å². The highest BCUT2D eigenvalue weighted by molar-refractivity contribution is 7.18. The number of nitrogens with one attached hydrogen (secondary N) is 1. The number of anilines is 1. The van der Waals surface area contributed by atoms with E-state index in [1.807, 2.05) is 6.92 Å². The Morgan fingerprint density at radius 1 is 1.19 bits per heavy atom. The standard InChI is InChI=1S/C17H15ClF3N3OS/c1-10-9-13-14(23-16(17(19,20)21)24-15(13)26-10)22-7-2-8-25-12-5-3-11(18)4-6-12/h3-6,9H,2,7-8H2,1H3,(H,22,23,24). The van der Waals surface area contributed by atoms with Crippen molar-refractivity contribution >= 4 is 39.0 Å². The molecule has 0 aliphatic heterocycles. The molecule has 0 aliphatic rings. The molecule has 2 aromatic heterocycles. The van der Waals surface area contributed by atoms with Crippen LogP contribution in [0.25, 0.3) is 10.2 Å². The van der Waals surface area contributed by atoms with Gasteiger partial charge in [-0.2, -0.15) is 13.2 Å². The second-order valence-corrected chi connectivity index (χ2v) is 7.22. The summed E-state index contributed by atoms with van der Waals surface area (Å²) in [6.07, 6.45) is -3.99. The van der Waals surface area contributed by atoms with E-state index in [9.17, 15) is 13.2 Å². The van der Waals surface area contributed by atoms with Crippen molar-refractivity contribution in [3.05, 3.63) is 46.1 Å². The molecule has 0 bridgehead atoms. The molecule has 26 heavy (non-hydrogen) atoms. The number of hydrogen-bond acceptors (Lipinski definition) is 5. The van der Waals surface area contributed by atoms with Crippen LogP contribution >= 0.6 is 22.9 Å². The molecule has 0 fully saturated rings. The Morgan fingerprint density at radius 2 is 1.92 bits per heavy atom. The Kier molecular flexibility index (Phi) is 5.52. The lowest BCUT2D eigenvalue weighted by Gasteiger charge is -2.11. The minimum atomic E-state index is -4.58. The minimum absolute atomic E-state index is 0.193. The first-order valence-electron chi connectivity index (χ1n) is 7.80. The first-order valence-corrected chi connectivity index (χ1v) is 9.00. The summed E-state index contributed by atoms with van der Waals surface area (Å²) in [5, 5.41) is 4.18. The molecule has 1 aromatic carbocycles. The number of rotatable bonds is 6. The number of benzene rings is 1. The quantitative estimate of drug-likeness (QED) is 0.550. The average molecular weight is 402 g/mol. The number of halogens is 4. The number of alkyl halides is 3. The first-order chi connectivity index (χ1) is 12.3. The van der Waals surface area contributed by atoms with Crippen molar-refractivity contribution in [3.63, 3.8) is 0 Å². The summed E-state index contributed by atoms with van der Waals surface area (Å²) >= 11 is 7.01. The van der Waals surface area contributed by atoms with Crippen LogP contribution in [0, 0.1) is 6.92 Å². The second kappa shape index (κ2) is 7.67. The summed E-state index contributed by atoms with van der Waals surface area (Å²) in [5.74, 6) is -0.253. The predicted molar refractivity (Wildman–Crippen MR) is 97.2 cm³/mol. The van der Waals surface area contributed by atoms with Crippen molar-refractivity contribution in [2.45, 2.75) is 19.5 Å². The molecule has 1 N–H and O–H groups in total. The fourth-order valence-electron chi connectivity index (χ4n) is 2.30. The Balaban J connectivity index is 1.63. The maximum absolute atomic E-state index is 13.0. The summed E-state index contributed by atoms with van der Waals surface area (Å²) in [5.41, 5.74) is 0. The van der Waals surface area contributed by atoms with Crippen molar-refractivity contribution in [3.8, 4) is 5.75 Å². The zero-order valence-electron chi connectivity index (χ0n) is 13.7. The van der Waals surface area contributed by atoms with E-state index in [0.717, 1.165) is 4.88 Å². The van der Waals surface area contributed by atoms with Crippen LogP contribution in [0.4, 0.5) is 19.0 Å². The molecule has 0 saturated heterocycles. The molecule has 2 heterocycles. The molecule has 0 unspecified atom stereocenters. The minimum Gasteiger partial charge on any atom is -0.494 e. The maximum atomic E-state index is 13.0. The Hall–Kier alpha value is -2.06. The highest BCUT2D eigenvalue weighted by atomic mass is 35.5. The lowest BCUT2D eigenvalue weighted by molar-refractivity contribution is -0.144. The van der Waals surface area contributed by atoms with Crippen LogP contribution in [0.3, 0.4) is 0 Å². The summed E-state index contributed by atoms with van der Waals surface area (Å²) in [4.78, 5) is 8.48. The average Bonchev–Trinajstić information content (AvgIpc) is 2.95. The van der Waals surface area contributed by atoms with Gasteiger partial charge >= 0.3 is 6.18 Å². The highest BCUT2D eigenvalue weighted by Gasteiger charge is 2.35. The lowest BCUT2D eigenvalue weighted by Crippen LogP contribution is -2.14. The van der Waals surface area contributed by atoms with Crippen LogP contribution in [-0.2, 0) is 6.18 Å². The van der Waals surface area contributed by atoms with E-state index in [-0.39, 0.29) is 5.82 Å². The van der Waals surface area contributed by atoms with Crippen LogP contribution in [0.2, 0.25) is 5.02 Å². The third kappa shape index (κ3) is 4.56. The summed E-state index contributed by atoms with van der Waals surface area (Å²) in [6, 6.07) is 8.75. The van der Waals surface area contributed by atoms with Gasteiger partial charge in [-0.15, -0.1) is 11.3 Å². The fraction of sp³-hybridized carbons (Fsp3) is 0.294. The van der Waals surface area contributed by atoms with Gasteiger partial charge in [-0.3, -0.25) is 0 Å². The number of hydrogen-bond donors (Lipinski definition) is 1. The van der Waals surface area contributed by atoms with Gasteiger partial charge in [-0.1, -0.05) is 11.6 Å². The van der Waals surface area contributed by atoms with E-state index in [1.54, 1.807) is 30.3 Å². The van der Waals surface area contributed by atoms with Crippen molar-refractivity contribution in [1.29, 1.82) is 0 Å². The number of nitrogens with zero attached hydrogens (tertiary/aromatic N) is 2. The molecule has 0 amide bonds. The zero-order chi connectivity index (χ0) is 18.7. The van der Waals surface area contributed by atoms with E-state index >= 15 is 0 Å². The number of fused-ring (bicyclic) bond motifs is 1. The molecule has 138 valence electrons. The monoisotopic (exact) mass is 401 g/mol. The summed E-state index contributed by atoms with van der Waals surface area (Å²) < 4.78 is 44.5. The third-order valence-electron chi connectivity index (χ3n) is 3.47. The van der Waals surface area contributed by atoms with Gasteiger partial charge in [-0.05, 0) is 43.7 Å². The Labute approximate surface area is 157 Å². The Morgan fingerprint density at radius 3 is 2.62 bits per heavy atom. The molecular formula is C17H15ClF3N3OS. The van der Waals surface area contributed by atoms with Crippen LogP contribution in [-0.4, -0.2) is 23.1 Å². The largest absolute Gasteiger partial charge is 0.494 e. The Bertz CT molecular complexity index is 897. The molecule has 9 heteroatoms. The summed E-state index contributed by atoms with van der Waals surface area (Å²) in [6.45, 7) is 2.66. The van der Waals surface area contributed by atoms with Gasteiger partial charge in [0.1, 0.15) is 16.4 Å². The molecule has 0 atom stereocenters. The van der Waals surface area contributed by atoms with Gasteiger partial charge in [0.05, 0.1) is 12.0 Å². The number of ether oxygens (including phenoxy) is 1. The van der Waals surface area contributed by atoms with E-state index in [4.69, 9.17) is 16.3 Å². The van der Waals surface area contributed by atoms with Crippen LogP contribution in [0.15, 0.2) is 30.3 Å². The first kappa shape index (κ1) is 18.7. The van der Waals surface area contributed by atoms with Crippen molar-refractivity contribution in [2.75, 3.05) is 18.5 Å². The van der Waals surface area contributed by atoms with Crippen LogP contribution in [0.1, 0.15) is 17.1 Å². The van der Waals surface area contributed by atoms with Crippen LogP contribution < -0.4 is 10.1 Å². The fourth-order valence-corrected chi connectivity index (χ4v) is 3.31. The lowest BCUT2D eigenvalue weighted by atomic mass is 10.3. The number of aromatic nitrogens is 2. The molecule has 0 saturated carbocycles. The predicted octanol–water partition coefficient (Wildman–Crippen LogP) is 5.55. The smallest absolute Gasteiger partial charge is 0.451 e. The van der Waals surface area contributed by atoms with Gasteiger partial charge < -0.3 is 10.1 Å². The number of thiophene rings is 1. The number of aryl methyl sites for hydroxylation is 1. The van der Waals surface area contributed by atoms with Gasteiger partial charge in [-0.25, -0.2) is 9.97 Å². The molecular weight excluding hydrogens is 387 g/mol. The van der Waals surface area contributed by atoms with Gasteiger partial charge in [0.15, 0.2) is 0 Å². The maximum Gasteiger partial charge on any atom is 0.451 e. The third-order valence-corrected chi connectivity index (χ3v) is 4.66. The molecule has 4 nitrogen and oxygen atoms in total. The van der Waals surface area contributed by atoms with Gasteiger partial charge in [0.2, 0.25) is 5.82 Å². The highest BCUT2D eigenvalue weighted by Crippen LogP contribution is 2.33. The van der Waals surface area contributed by atoms with Crippen molar-refractivity contribution in [1.82, 2.24) is 9.97 Å². The molecule has 3 aromatic rings. The molecule has 0 radical (unpaired) electrons. The topological polar surface area (TPSA) is 47.0 Å². The second-order valence-electron chi connectivity index (χ2n) is 5.55. The van der Waals surface area contributed by atoms with E-state index in [2.05, 4.69) is 15.3 Å². The summed E-state index contributed by atoms with van der Waals surface area (Å²) in [7, 11) is 0. The van der Waals surface area contributed by atoms with Crippen molar-refractivity contribution < 1.29 is 17.9 Å². The molecule has 0 aliphatic carbocycles. The van der Waals surface area contributed by atoms with Gasteiger partial charge in [0.25, 0.3) is 0 Å². The zero-order valence-corrected chi connectivity index (χ0v) is 15.3.